The highest BCUT2D eigenvalue weighted by molar-refractivity contribution is 5.81. The van der Waals surface area contributed by atoms with E-state index in [0.29, 0.717) is 5.92 Å². The van der Waals surface area contributed by atoms with Crippen LogP contribution in [0.5, 0.6) is 0 Å². The summed E-state index contributed by atoms with van der Waals surface area (Å²) in [7, 11) is 0. The van der Waals surface area contributed by atoms with Crippen molar-refractivity contribution in [2.75, 3.05) is 0 Å². The van der Waals surface area contributed by atoms with Gasteiger partial charge in [0.25, 0.3) is 0 Å². The molecule has 0 aliphatic heterocycles. The van der Waals surface area contributed by atoms with Crippen molar-refractivity contribution in [2.45, 2.75) is 91.9 Å². The lowest BCUT2D eigenvalue weighted by molar-refractivity contribution is 0.660. The fraction of sp³-hybridized carbons (Fsp3) is 0.212. The first kappa shape index (κ1) is 45.8. The summed E-state index contributed by atoms with van der Waals surface area (Å²) in [5, 5.41) is 0. The van der Waals surface area contributed by atoms with Gasteiger partial charge in [-0.15, -0.1) is 0 Å². The quantitative estimate of drug-likeness (QED) is 0.136. The third-order valence-electron chi connectivity index (χ3n) is 13.6. The van der Waals surface area contributed by atoms with E-state index in [9.17, 15) is 0 Å². The number of hydrogen-bond acceptors (Lipinski definition) is 0. The van der Waals surface area contributed by atoms with Crippen LogP contribution in [0.25, 0.3) is 50.1 Å². The van der Waals surface area contributed by atoms with Crippen molar-refractivity contribution in [2.24, 2.45) is 0 Å². The van der Waals surface area contributed by atoms with Gasteiger partial charge in [-0.3, -0.25) is 0 Å². The standard InChI is InChI=1S/C29H30.C21H20.C16H16/c1-4-8-28-27(11-7-12-29(28)26-10-6-5-9-22(26)3)25-19-17-24(18-20-25)23-15-13-21(2)14-16-23;1-2-6-17-9-11-19(12-10-17)21-15-13-20(14-16-21)18-7-4-3-5-8-18;1-11-8-9-13-12-6-4-5-7-14(12)16(2,3)15(13)10-11/h5-7,9-19,25H,4,8,20H2,1-3H3;3-5,7-16H,2,6H2,1H3;4-10H,1-3H3. The van der Waals surface area contributed by atoms with Crippen LogP contribution in [0.4, 0.5) is 0 Å². The van der Waals surface area contributed by atoms with Crippen molar-refractivity contribution in [1.29, 1.82) is 0 Å². The van der Waals surface area contributed by atoms with Gasteiger partial charge in [-0.25, -0.2) is 0 Å². The summed E-state index contributed by atoms with van der Waals surface area (Å²) >= 11 is 0. The second-order valence-corrected chi connectivity index (χ2v) is 18.8. The van der Waals surface area contributed by atoms with Crippen LogP contribution in [0, 0.1) is 20.8 Å². The van der Waals surface area contributed by atoms with Crippen LogP contribution in [0.3, 0.4) is 0 Å². The third-order valence-corrected chi connectivity index (χ3v) is 13.6. The van der Waals surface area contributed by atoms with Crippen LogP contribution < -0.4 is 0 Å². The summed E-state index contributed by atoms with van der Waals surface area (Å²) in [6.45, 7) is 15.7. The summed E-state index contributed by atoms with van der Waals surface area (Å²) in [5.41, 5.74) is 24.8. The number of fused-ring (bicyclic) bond motifs is 3. The first-order chi connectivity index (χ1) is 32.1. The zero-order valence-electron chi connectivity index (χ0n) is 40.2. The minimum absolute atomic E-state index is 0.151. The van der Waals surface area contributed by atoms with Gasteiger partial charge < -0.3 is 0 Å². The number of allylic oxidation sites excluding steroid dienone is 4. The predicted octanol–water partition coefficient (Wildman–Crippen LogP) is 18.3. The van der Waals surface area contributed by atoms with Crippen molar-refractivity contribution in [3.8, 4) is 44.5 Å². The molecule has 66 heavy (non-hydrogen) atoms. The van der Waals surface area contributed by atoms with Gasteiger partial charge in [-0.2, -0.15) is 0 Å². The molecule has 330 valence electrons. The average Bonchev–Trinajstić information content (AvgIpc) is 3.58. The molecule has 0 heterocycles. The van der Waals surface area contributed by atoms with Crippen LogP contribution >= 0.6 is 0 Å². The lowest BCUT2D eigenvalue weighted by atomic mass is 9.82. The summed E-state index contributed by atoms with van der Waals surface area (Å²) in [5.74, 6) is 0.453. The SMILES string of the molecule is CCCc1c(-c2ccccc2C)cccc1C1C=CC(c2ccc(C)cc2)=CC1.CCCc1ccc(-c2ccc(-c3ccccc3)cc2)cc1.Cc1ccc2c(c1)C(C)(C)c1ccccc1-2. The normalized spacial score (nSPS) is 14.2. The average molecular weight is 859 g/mol. The van der Waals surface area contributed by atoms with Crippen molar-refractivity contribution in [1.82, 2.24) is 0 Å². The Kier molecular flexibility index (Phi) is 14.6. The highest BCUT2D eigenvalue weighted by Gasteiger charge is 2.34. The van der Waals surface area contributed by atoms with E-state index in [4.69, 9.17) is 0 Å². The van der Waals surface area contributed by atoms with Gasteiger partial charge in [-0.1, -0.05) is 258 Å². The summed E-state index contributed by atoms with van der Waals surface area (Å²) in [4.78, 5) is 0. The van der Waals surface area contributed by atoms with Crippen LogP contribution in [-0.4, -0.2) is 0 Å². The first-order valence-electron chi connectivity index (χ1n) is 24.2. The van der Waals surface area contributed by atoms with E-state index in [0.717, 1.165) is 25.7 Å². The lowest BCUT2D eigenvalue weighted by Gasteiger charge is -2.23. The zero-order chi connectivity index (χ0) is 46.0. The maximum absolute atomic E-state index is 2.41. The Morgan fingerprint density at radius 3 is 1.64 bits per heavy atom. The lowest BCUT2D eigenvalue weighted by Crippen LogP contribution is -2.14. The number of benzene rings is 8. The van der Waals surface area contributed by atoms with Crippen LogP contribution in [0.15, 0.2) is 206 Å². The molecule has 10 rings (SSSR count). The molecule has 0 amide bonds. The van der Waals surface area contributed by atoms with Crippen molar-refractivity contribution in [3.63, 3.8) is 0 Å². The predicted molar refractivity (Wildman–Crippen MR) is 286 cm³/mol. The summed E-state index contributed by atoms with van der Waals surface area (Å²) in [6.07, 6.45) is 12.8. The molecule has 0 saturated carbocycles. The molecule has 0 fully saturated rings. The van der Waals surface area contributed by atoms with Crippen molar-refractivity contribution in [3.05, 3.63) is 256 Å². The molecule has 0 spiro atoms. The summed E-state index contributed by atoms with van der Waals surface area (Å²) in [6, 6.07) is 68.3. The third kappa shape index (κ3) is 10.4. The number of rotatable bonds is 9. The molecular formula is C66H66. The molecule has 0 radical (unpaired) electrons. The van der Waals surface area contributed by atoms with Gasteiger partial charge in [-0.05, 0) is 129 Å². The van der Waals surface area contributed by atoms with Gasteiger partial charge in [0.2, 0.25) is 0 Å². The topological polar surface area (TPSA) is 0 Å². The van der Waals surface area contributed by atoms with Gasteiger partial charge in [0.15, 0.2) is 0 Å². The molecule has 0 heteroatoms. The van der Waals surface area contributed by atoms with E-state index in [1.54, 1.807) is 0 Å². The van der Waals surface area contributed by atoms with E-state index in [-0.39, 0.29) is 5.41 Å². The highest BCUT2D eigenvalue weighted by atomic mass is 14.4. The molecule has 0 N–H and O–H groups in total. The fourth-order valence-electron chi connectivity index (χ4n) is 9.88. The van der Waals surface area contributed by atoms with Crippen LogP contribution in [0.1, 0.15) is 103 Å². The Hall–Kier alpha value is -6.76. The van der Waals surface area contributed by atoms with E-state index >= 15 is 0 Å². The summed E-state index contributed by atoms with van der Waals surface area (Å²) < 4.78 is 0. The van der Waals surface area contributed by atoms with Crippen molar-refractivity contribution < 1.29 is 0 Å². The maximum atomic E-state index is 2.41. The molecule has 2 aliphatic rings. The Bertz CT molecular complexity index is 2920. The monoisotopic (exact) mass is 859 g/mol. The number of hydrogen-bond donors (Lipinski definition) is 0. The molecule has 1 unspecified atom stereocenters. The largest absolute Gasteiger partial charge is 0.0761 e. The Morgan fingerprint density at radius 2 is 1.00 bits per heavy atom. The molecule has 0 saturated heterocycles. The second-order valence-electron chi connectivity index (χ2n) is 18.8. The van der Waals surface area contributed by atoms with Gasteiger partial charge >= 0.3 is 0 Å². The Morgan fingerprint density at radius 1 is 0.455 bits per heavy atom. The van der Waals surface area contributed by atoms with Crippen LogP contribution in [0.2, 0.25) is 0 Å². The molecule has 0 bridgehead atoms. The smallest absolute Gasteiger partial charge is 0.0158 e. The fourth-order valence-corrected chi connectivity index (χ4v) is 9.88. The second kappa shape index (κ2) is 21.0. The van der Waals surface area contributed by atoms with E-state index < -0.39 is 0 Å². The first-order valence-corrected chi connectivity index (χ1v) is 24.2. The Labute approximate surface area is 396 Å². The number of aryl methyl sites for hydroxylation is 4. The van der Waals surface area contributed by atoms with E-state index in [1.165, 1.54) is 107 Å². The van der Waals surface area contributed by atoms with Crippen LogP contribution in [-0.2, 0) is 18.3 Å². The molecule has 1 atom stereocenters. The van der Waals surface area contributed by atoms with Gasteiger partial charge in [0.1, 0.15) is 0 Å². The minimum atomic E-state index is 0.151. The van der Waals surface area contributed by atoms with Gasteiger partial charge in [0, 0.05) is 11.3 Å². The molecule has 8 aromatic carbocycles. The molecule has 2 aliphatic carbocycles. The molecular weight excluding hydrogens is 793 g/mol. The zero-order valence-corrected chi connectivity index (χ0v) is 40.2. The Balaban J connectivity index is 0.000000141. The maximum Gasteiger partial charge on any atom is 0.0158 e. The van der Waals surface area contributed by atoms with E-state index in [2.05, 4.69) is 255 Å². The van der Waals surface area contributed by atoms with Gasteiger partial charge in [0.05, 0.1) is 0 Å². The minimum Gasteiger partial charge on any atom is -0.0761 e. The highest BCUT2D eigenvalue weighted by Crippen LogP contribution is 2.48. The molecule has 8 aromatic rings. The molecule has 0 aromatic heterocycles. The van der Waals surface area contributed by atoms with Crippen molar-refractivity contribution >= 4 is 5.57 Å². The van der Waals surface area contributed by atoms with E-state index in [1.807, 2.05) is 0 Å². The molecule has 0 nitrogen and oxygen atoms in total.